The van der Waals surface area contributed by atoms with Crippen LogP contribution in [0.2, 0.25) is 0 Å². The van der Waals surface area contributed by atoms with Gasteiger partial charge in [0, 0.05) is 5.75 Å². The molecule has 0 aliphatic carbocycles. The molecular weight excluding hydrogens is 312 g/mol. The van der Waals surface area contributed by atoms with E-state index in [9.17, 15) is 4.21 Å². The van der Waals surface area contributed by atoms with Gasteiger partial charge in [0.15, 0.2) is 28.9 Å². The van der Waals surface area contributed by atoms with Gasteiger partial charge in [-0.05, 0) is 27.7 Å². The van der Waals surface area contributed by atoms with Crippen molar-refractivity contribution < 1.29 is 32.1 Å². The maximum Gasteiger partial charge on any atom is 0.190 e. The number of ether oxygens (including phenoxy) is 5. The summed E-state index contributed by atoms with van der Waals surface area (Å²) < 4.78 is 46.5. The molecule has 3 saturated heterocycles. The maximum absolute atomic E-state index is 11.9. The van der Waals surface area contributed by atoms with Gasteiger partial charge in [0.25, 0.3) is 0 Å². The number of hydrogen-bond donors (Lipinski definition) is 0. The second-order valence-corrected chi connectivity index (χ2v) is 7.97. The fourth-order valence-electron chi connectivity index (χ4n) is 2.98. The van der Waals surface area contributed by atoms with Crippen LogP contribution in [0.5, 0.6) is 0 Å². The molecule has 8 heteroatoms. The van der Waals surface area contributed by atoms with Crippen molar-refractivity contribution in [1.29, 1.82) is 0 Å². The van der Waals surface area contributed by atoms with Crippen molar-refractivity contribution in [2.24, 2.45) is 0 Å². The summed E-state index contributed by atoms with van der Waals surface area (Å²) in [5.41, 5.74) is 0. The third-order valence-electron chi connectivity index (χ3n) is 3.88. The minimum Gasteiger partial charge on any atom is -0.348 e. The molecule has 0 radical (unpaired) electrons. The van der Waals surface area contributed by atoms with E-state index in [2.05, 4.69) is 0 Å². The molecule has 0 N–H and O–H groups in total. The Morgan fingerprint density at radius 1 is 1.09 bits per heavy atom. The predicted octanol–water partition coefficient (Wildman–Crippen LogP) is 1.08. The molecule has 0 aromatic carbocycles. The molecule has 3 fully saturated rings. The van der Waals surface area contributed by atoms with Crippen LogP contribution in [0, 0.1) is 0 Å². The van der Waals surface area contributed by atoms with Crippen LogP contribution in [0.3, 0.4) is 0 Å². The minimum atomic E-state index is -1.40. The monoisotopic (exact) mass is 336 g/mol. The van der Waals surface area contributed by atoms with Gasteiger partial charge in [0.1, 0.15) is 24.4 Å². The first kappa shape index (κ1) is 16.8. The zero-order valence-corrected chi connectivity index (χ0v) is 14.4. The van der Waals surface area contributed by atoms with Crippen LogP contribution in [0.4, 0.5) is 0 Å². The van der Waals surface area contributed by atoms with Gasteiger partial charge in [0.05, 0.1) is 6.61 Å². The topological polar surface area (TPSA) is 72.5 Å². The van der Waals surface area contributed by atoms with Crippen LogP contribution < -0.4 is 0 Å². The highest BCUT2D eigenvalue weighted by atomic mass is 32.2. The summed E-state index contributed by atoms with van der Waals surface area (Å²) in [7, 11) is 0. The number of rotatable bonds is 4. The highest BCUT2D eigenvalue weighted by Crippen LogP contribution is 2.42. The first-order valence-corrected chi connectivity index (χ1v) is 8.83. The van der Waals surface area contributed by atoms with Gasteiger partial charge in [-0.1, -0.05) is 6.92 Å². The fourth-order valence-corrected chi connectivity index (χ4v) is 3.59. The van der Waals surface area contributed by atoms with E-state index in [0.717, 1.165) is 0 Å². The van der Waals surface area contributed by atoms with Crippen molar-refractivity contribution in [2.45, 2.75) is 76.9 Å². The minimum absolute atomic E-state index is 0.310. The standard InChI is InChI=1S/C14H24O7S/c1-6-22(15)21-10-9(8-7-16-13(2,3)18-8)17-12-11(10)19-14(4,5)20-12/h8-12H,6-7H2,1-5H3/t8-,9-,10+,11-,12-,22?/m1/s1. The summed E-state index contributed by atoms with van der Waals surface area (Å²) >= 11 is -1.40. The fraction of sp³-hybridized carbons (Fsp3) is 1.00. The SMILES string of the molecule is CCS(=O)O[C@@H]1[C@H]2OC(C)(C)O[C@H]2O[C@@H]1[C@H]1COC(C)(C)O1. The molecule has 3 rings (SSSR count). The van der Waals surface area contributed by atoms with Crippen molar-refractivity contribution in [3.05, 3.63) is 0 Å². The van der Waals surface area contributed by atoms with E-state index in [-0.39, 0.29) is 6.10 Å². The summed E-state index contributed by atoms with van der Waals surface area (Å²) in [6.45, 7) is 9.51. The normalized spacial score (nSPS) is 44.1. The van der Waals surface area contributed by atoms with Crippen LogP contribution in [0.15, 0.2) is 0 Å². The smallest absolute Gasteiger partial charge is 0.190 e. The second-order valence-electron chi connectivity index (χ2n) is 6.59. The van der Waals surface area contributed by atoms with Gasteiger partial charge in [-0.15, -0.1) is 0 Å². The zero-order chi connectivity index (χ0) is 16.1. The first-order chi connectivity index (χ1) is 10.2. The van der Waals surface area contributed by atoms with Crippen LogP contribution in [-0.4, -0.2) is 58.8 Å². The molecular formula is C14H24O7S. The molecule has 128 valence electrons. The molecule has 0 bridgehead atoms. The molecule has 3 aliphatic heterocycles. The Morgan fingerprint density at radius 2 is 1.82 bits per heavy atom. The van der Waals surface area contributed by atoms with E-state index in [1.54, 1.807) is 6.92 Å². The molecule has 3 heterocycles. The third-order valence-corrected chi connectivity index (χ3v) is 4.79. The molecule has 1 unspecified atom stereocenters. The molecule has 0 saturated carbocycles. The highest BCUT2D eigenvalue weighted by Gasteiger charge is 2.59. The van der Waals surface area contributed by atoms with E-state index in [4.69, 9.17) is 27.9 Å². The second kappa shape index (κ2) is 5.77. The molecule has 0 aromatic heterocycles. The van der Waals surface area contributed by atoms with Crippen molar-refractivity contribution in [1.82, 2.24) is 0 Å². The van der Waals surface area contributed by atoms with Gasteiger partial charge >= 0.3 is 0 Å². The Kier molecular flexibility index (Phi) is 4.39. The van der Waals surface area contributed by atoms with Crippen molar-refractivity contribution in [2.75, 3.05) is 12.4 Å². The lowest BCUT2D eigenvalue weighted by Crippen LogP contribution is -2.44. The largest absolute Gasteiger partial charge is 0.348 e. The van der Waals surface area contributed by atoms with Gasteiger partial charge < -0.3 is 23.7 Å². The van der Waals surface area contributed by atoms with Crippen LogP contribution in [-0.2, 0) is 38.9 Å². The average Bonchev–Trinajstić information content (AvgIpc) is 3.01. The van der Waals surface area contributed by atoms with Gasteiger partial charge in [-0.3, -0.25) is 4.18 Å². The Hall–Kier alpha value is -0.0900. The van der Waals surface area contributed by atoms with Crippen LogP contribution in [0.25, 0.3) is 0 Å². The third kappa shape index (κ3) is 3.24. The lowest BCUT2D eigenvalue weighted by molar-refractivity contribution is -0.230. The van der Waals surface area contributed by atoms with Gasteiger partial charge in [-0.25, -0.2) is 4.21 Å². The van der Waals surface area contributed by atoms with E-state index >= 15 is 0 Å². The lowest BCUT2D eigenvalue weighted by atomic mass is 10.1. The van der Waals surface area contributed by atoms with E-state index in [1.807, 2.05) is 27.7 Å². The van der Waals surface area contributed by atoms with Crippen LogP contribution >= 0.6 is 0 Å². The zero-order valence-electron chi connectivity index (χ0n) is 13.6. The van der Waals surface area contributed by atoms with E-state index in [0.29, 0.717) is 12.4 Å². The average molecular weight is 336 g/mol. The Labute approximate surface area is 133 Å². The Morgan fingerprint density at radius 3 is 2.41 bits per heavy atom. The summed E-state index contributed by atoms with van der Waals surface area (Å²) in [4.78, 5) is 0. The van der Waals surface area contributed by atoms with Crippen LogP contribution in [0.1, 0.15) is 34.6 Å². The van der Waals surface area contributed by atoms with Crippen molar-refractivity contribution in [3.63, 3.8) is 0 Å². The molecule has 3 aliphatic rings. The predicted molar refractivity (Wildman–Crippen MR) is 77.2 cm³/mol. The Bertz CT molecular complexity index is 452. The number of fused-ring (bicyclic) bond motifs is 1. The molecule has 7 nitrogen and oxygen atoms in total. The summed E-state index contributed by atoms with van der Waals surface area (Å²) in [5.74, 6) is -1.01. The summed E-state index contributed by atoms with van der Waals surface area (Å²) in [6.07, 6.45) is -2.25. The molecule has 6 atom stereocenters. The van der Waals surface area contributed by atoms with Crippen molar-refractivity contribution in [3.8, 4) is 0 Å². The van der Waals surface area contributed by atoms with Gasteiger partial charge in [-0.2, -0.15) is 0 Å². The van der Waals surface area contributed by atoms with E-state index < -0.39 is 47.3 Å². The number of hydrogen-bond acceptors (Lipinski definition) is 7. The molecule has 22 heavy (non-hydrogen) atoms. The summed E-state index contributed by atoms with van der Waals surface area (Å²) in [6, 6.07) is 0. The van der Waals surface area contributed by atoms with Crippen molar-refractivity contribution >= 4 is 11.1 Å². The van der Waals surface area contributed by atoms with E-state index in [1.165, 1.54) is 0 Å². The molecule has 0 aromatic rings. The molecule has 0 spiro atoms. The first-order valence-electron chi connectivity index (χ1n) is 7.59. The van der Waals surface area contributed by atoms with Gasteiger partial charge in [0.2, 0.25) is 0 Å². The summed E-state index contributed by atoms with van der Waals surface area (Å²) in [5, 5.41) is 0. The highest BCUT2D eigenvalue weighted by molar-refractivity contribution is 7.80. The maximum atomic E-state index is 11.9. The Balaban J connectivity index is 1.76. The molecule has 0 amide bonds. The quantitative estimate of drug-likeness (QED) is 0.761. The lowest BCUT2D eigenvalue weighted by Gasteiger charge is -2.28.